The number of nitrogen functional groups attached to an aromatic ring is 1. The van der Waals surface area contributed by atoms with Gasteiger partial charge in [-0.3, -0.25) is 4.79 Å². The smallest absolute Gasteiger partial charge is 0.277 e. The maximum Gasteiger partial charge on any atom is 0.277 e. The number of ether oxygens (including phenoxy) is 1. The Bertz CT molecular complexity index is 1050. The molecule has 8 nitrogen and oxygen atoms in total. The van der Waals surface area contributed by atoms with Gasteiger partial charge < -0.3 is 28.9 Å². The molecule has 0 radical (unpaired) electrons. The summed E-state index contributed by atoms with van der Waals surface area (Å²) in [4.78, 5) is 19.2. The molecule has 0 bridgehead atoms. The fourth-order valence-corrected chi connectivity index (χ4v) is 5.87. The number of nitrogens with zero attached hydrogens (tertiary/aromatic N) is 2. The summed E-state index contributed by atoms with van der Waals surface area (Å²) in [5.41, 5.74) is 6.63. The SMILES string of the molecule is CC(C)(C)[Si](C)(C)OC[C@H]1O[C@@H](n2cnc3c(=O)[nH]c(N)cc32)C[C@@H]1O[Si](C)(C)C(C)(C)C. The Hall–Kier alpha value is -1.47. The van der Waals surface area contributed by atoms with Crippen molar-refractivity contribution >= 4 is 33.5 Å². The first kappa shape index (κ1) is 26.1. The van der Waals surface area contributed by atoms with Crippen LogP contribution in [0.15, 0.2) is 17.2 Å². The number of hydrogen-bond acceptors (Lipinski definition) is 6. The molecular formula is C23H42N4O4Si2. The molecule has 1 fully saturated rings. The number of H-pyrrole nitrogens is 1. The average Bonchev–Trinajstić information content (AvgIpc) is 3.21. The second-order valence-corrected chi connectivity index (χ2v) is 21.9. The lowest BCUT2D eigenvalue weighted by Gasteiger charge is -2.40. The number of nitrogens with two attached hydrogens (primary N) is 1. The Kier molecular flexibility index (Phi) is 6.84. The molecule has 2 aromatic heterocycles. The first-order valence-electron chi connectivity index (χ1n) is 11.8. The van der Waals surface area contributed by atoms with Gasteiger partial charge in [-0.1, -0.05) is 41.5 Å². The largest absolute Gasteiger partial charge is 0.414 e. The first-order valence-corrected chi connectivity index (χ1v) is 17.6. The van der Waals surface area contributed by atoms with Crippen molar-refractivity contribution in [3.63, 3.8) is 0 Å². The van der Waals surface area contributed by atoms with Crippen LogP contribution in [-0.2, 0) is 13.6 Å². The van der Waals surface area contributed by atoms with Gasteiger partial charge in [0.2, 0.25) is 0 Å². The highest BCUT2D eigenvalue weighted by Gasteiger charge is 2.46. The molecular weight excluding hydrogens is 452 g/mol. The number of rotatable bonds is 6. The molecule has 0 unspecified atom stereocenters. The lowest BCUT2D eigenvalue weighted by Crippen LogP contribution is -2.48. The number of fused-ring (bicyclic) bond motifs is 1. The fraction of sp³-hybridized carbons (Fsp3) is 0.739. The van der Waals surface area contributed by atoms with E-state index in [0.717, 1.165) is 0 Å². The van der Waals surface area contributed by atoms with E-state index in [-0.39, 0.29) is 34.1 Å². The van der Waals surface area contributed by atoms with Crippen LogP contribution < -0.4 is 11.3 Å². The maximum absolute atomic E-state index is 12.3. The van der Waals surface area contributed by atoms with E-state index in [2.05, 4.69) is 77.7 Å². The molecule has 3 heterocycles. The number of aromatic nitrogens is 3. The molecule has 1 aliphatic heterocycles. The number of imidazole rings is 1. The van der Waals surface area contributed by atoms with Gasteiger partial charge in [0.25, 0.3) is 5.56 Å². The van der Waals surface area contributed by atoms with Crippen LogP contribution in [0.5, 0.6) is 0 Å². The fourth-order valence-electron chi connectivity index (χ4n) is 3.50. The second kappa shape index (κ2) is 8.64. The van der Waals surface area contributed by atoms with E-state index in [1.807, 2.05) is 4.57 Å². The van der Waals surface area contributed by atoms with Crippen molar-refractivity contribution < 1.29 is 13.6 Å². The molecule has 2 aromatic rings. The Morgan fingerprint density at radius 1 is 1.15 bits per heavy atom. The Balaban J connectivity index is 1.91. The Morgan fingerprint density at radius 3 is 2.33 bits per heavy atom. The Labute approximate surface area is 199 Å². The summed E-state index contributed by atoms with van der Waals surface area (Å²) in [6.07, 6.45) is 1.72. The first-order chi connectivity index (χ1) is 14.9. The van der Waals surface area contributed by atoms with Crippen molar-refractivity contribution in [1.29, 1.82) is 0 Å². The van der Waals surface area contributed by atoms with Gasteiger partial charge in [0.05, 0.1) is 24.6 Å². The van der Waals surface area contributed by atoms with Crippen molar-refractivity contribution in [3.05, 3.63) is 22.7 Å². The number of hydrogen-bond donors (Lipinski definition) is 2. The second-order valence-electron chi connectivity index (χ2n) is 12.3. The third-order valence-electron chi connectivity index (χ3n) is 7.75. The number of pyridine rings is 1. The molecule has 3 N–H and O–H groups in total. The van der Waals surface area contributed by atoms with Crippen LogP contribution in [-0.4, -0.2) is 50.0 Å². The zero-order valence-electron chi connectivity index (χ0n) is 21.9. The molecule has 1 saturated heterocycles. The standard InChI is InChI=1S/C23H42N4O4Si2/c1-22(2,3)32(7,8)29-13-17-16(31-33(9,10)23(4,5)6)12-19(30-17)27-14-25-20-15(27)11-18(24)26-21(20)28/h11,14,16-17,19H,12-13H2,1-10H3,(H3,24,26,28)/t16-,17+,19+/m0/s1. The molecule has 33 heavy (non-hydrogen) atoms. The predicted molar refractivity (Wildman–Crippen MR) is 139 cm³/mol. The zero-order valence-corrected chi connectivity index (χ0v) is 23.9. The van der Waals surface area contributed by atoms with Crippen LogP contribution >= 0.6 is 0 Å². The maximum atomic E-state index is 12.3. The van der Waals surface area contributed by atoms with Gasteiger partial charge >= 0.3 is 0 Å². The van der Waals surface area contributed by atoms with Crippen LogP contribution in [0.3, 0.4) is 0 Å². The molecule has 3 rings (SSSR count). The van der Waals surface area contributed by atoms with Gasteiger partial charge in [0.15, 0.2) is 22.2 Å². The minimum absolute atomic E-state index is 0.0827. The van der Waals surface area contributed by atoms with E-state index in [1.165, 1.54) is 0 Å². The van der Waals surface area contributed by atoms with Crippen molar-refractivity contribution in [2.45, 2.75) is 103 Å². The predicted octanol–water partition coefficient (Wildman–Crippen LogP) is 5.01. The van der Waals surface area contributed by atoms with Crippen LogP contribution in [0.25, 0.3) is 11.0 Å². The van der Waals surface area contributed by atoms with Gasteiger partial charge in [-0.05, 0) is 36.3 Å². The van der Waals surface area contributed by atoms with Gasteiger partial charge in [-0.25, -0.2) is 4.98 Å². The zero-order chi connectivity index (χ0) is 25.0. The van der Waals surface area contributed by atoms with E-state index in [9.17, 15) is 4.79 Å². The van der Waals surface area contributed by atoms with Gasteiger partial charge in [0.1, 0.15) is 18.1 Å². The summed E-state index contributed by atoms with van der Waals surface area (Å²) in [7, 11) is -3.98. The molecule has 3 atom stereocenters. The molecule has 0 amide bonds. The summed E-state index contributed by atoms with van der Waals surface area (Å²) in [6, 6.07) is 1.73. The van der Waals surface area contributed by atoms with E-state index in [0.29, 0.717) is 29.9 Å². The number of aromatic amines is 1. The quantitative estimate of drug-likeness (QED) is 0.547. The number of nitrogens with one attached hydrogen (secondary N) is 1. The van der Waals surface area contributed by atoms with Gasteiger partial charge in [-0.15, -0.1) is 0 Å². The summed E-state index contributed by atoms with van der Waals surface area (Å²) in [6.45, 7) is 23.0. The Morgan fingerprint density at radius 2 is 1.76 bits per heavy atom. The van der Waals surface area contributed by atoms with E-state index in [4.69, 9.17) is 19.3 Å². The lowest BCUT2D eigenvalue weighted by atomic mass is 10.2. The molecule has 186 valence electrons. The molecule has 1 aliphatic rings. The van der Waals surface area contributed by atoms with Crippen LogP contribution in [0.1, 0.15) is 54.2 Å². The molecule has 0 saturated carbocycles. The summed E-state index contributed by atoms with van der Waals surface area (Å²) in [5, 5.41) is 0.194. The van der Waals surface area contributed by atoms with E-state index < -0.39 is 16.6 Å². The van der Waals surface area contributed by atoms with E-state index >= 15 is 0 Å². The average molecular weight is 495 g/mol. The topological polar surface area (TPSA) is 104 Å². The monoisotopic (exact) mass is 494 g/mol. The third-order valence-corrected chi connectivity index (χ3v) is 16.8. The molecule has 0 aromatic carbocycles. The van der Waals surface area contributed by atoms with Crippen LogP contribution in [0, 0.1) is 0 Å². The minimum atomic E-state index is -2.03. The highest BCUT2D eigenvalue weighted by Crippen LogP contribution is 2.42. The van der Waals surface area contributed by atoms with Crippen molar-refractivity contribution in [2.75, 3.05) is 12.3 Å². The highest BCUT2D eigenvalue weighted by atomic mass is 28.4. The molecule has 0 spiro atoms. The van der Waals surface area contributed by atoms with Gasteiger partial charge in [-0.2, -0.15) is 0 Å². The van der Waals surface area contributed by atoms with Crippen molar-refractivity contribution in [3.8, 4) is 0 Å². The minimum Gasteiger partial charge on any atom is -0.414 e. The van der Waals surface area contributed by atoms with Crippen molar-refractivity contribution in [2.24, 2.45) is 0 Å². The summed E-state index contributed by atoms with van der Waals surface area (Å²) >= 11 is 0. The summed E-state index contributed by atoms with van der Waals surface area (Å²) in [5.74, 6) is 0.305. The van der Waals surface area contributed by atoms with Crippen molar-refractivity contribution in [1.82, 2.24) is 14.5 Å². The third kappa shape index (κ3) is 5.29. The van der Waals surface area contributed by atoms with Crippen LogP contribution in [0.2, 0.25) is 36.3 Å². The molecule has 0 aliphatic carbocycles. The lowest BCUT2D eigenvalue weighted by molar-refractivity contribution is -0.0382. The number of anilines is 1. The van der Waals surface area contributed by atoms with E-state index in [1.54, 1.807) is 12.4 Å². The van der Waals surface area contributed by atoms with Crippen LogP contribution in [0.4, 0.5) is 5.82 Å². The molecule has 10 heteroatoms. The normalized spacial score (nSPS) is 22.9. The highest BCUT2D eigenvalue weighted by molar-refractivity contribution is 6.74. The van der Waals surface area contributed by atoms with Gasteiger partial charge in [0, 0.05) is 12.5 Å². The summed E-state index contributed by atoms with van der Waals surface area (Å²) < 4.78 is 21.8.